The minimum Gasteiger partial charge on any atom is -0.481 e. The van der Waals surface area contributed by atoms with E-state index >= 15 is 0 Å². The Balaban J connectivity index is 1.88. The van der Waals surface area contributed by atoms with Gasteiger partial charge in [-0.05, 0) is 17.2 Å². The standard InChI is InChI=1S/C19H12F3N3O5S/c20-19(21,22)10-5-12-15(14(6-10)25(29)30)31-18(23-16(12)26)24-7-9-3-1-2-4-11(9)13(8-24)17(27)28/h1-6,13H,7-8H2,(H,27,28)/t13-/m1/s1. The van der Waals surface area contributed by atoms with Gasteiger partial charge in [0, 0.05) is 19.2 Å². The van der Waals surface area contributed by atoms with Gasteiger partial charge in [0.25, 0.3) is 11.2 Å². The van der Waals surface area contributed by atoms with Gasteiger partial charge in [0.1, 0.15) is 4.70 Å². The number of hydrogen-bond acceptors (Lipinski definition) is 7. The third-order valence-electron chi connectivity index (χ3n) is 4.98. The highest BCUT2D eigenvalue weighted by atomic mass is 32.1. The van der Waals surface area contributed by atoms with E-state index in [1.807, 2.05) is 0 Å². The zero-order chi connectivity index (χ0) is 22.5. The normalized spacial score (nSPS) is 16.2. The van der Waals surface area contributed by atoms with Crippen LogP contribution in [0.25, 0.3) is 10.1 Å². The number of alkyl halides is 3. The van der Waals surface area contributed by atoms with Gasteiger partial charge < -0.3 is 10.0 Å². The number of halogens is 3. The fraction of sp³-hybridized carbons (Fsp3) is 0.211. The van der Waals surface area contributed by atoms with Crippen LogP contribution in [0.15, 0.2) is 41.2 Å². The van der Waals surface area contributed by atoms with Crippen molar-refractivity contribution >= 4 is 38.2 Å². The minimum atomic E-state index is -4.87. The second kappa shape index (κ2) is 7.30. The van der Waals surface area contributed by atoms with Crippen LogP contribution in [0.3, 0.4) is 0 Å². The fourth-order valence-corrected chi connectivity index (χ4v) is 4.61. The van der Waals surface area contributed by atoms with Crippen molar-refractivity contribution in [1.82, 2.24) is 4.98 Å². The maximum atomic E-state index is 13.1. The maximum Gasteiger partial charge on any atom is 0.416 e. The van der Waals surface area contributed by atoms with Crippen molar-refractivity contribution in [3.05, 3.63) is 73.6 Å². The summed E-state index contributed by atoms with van der Waals surface area (Å²) >= 11 is 0.683. The van der Waals surface area contributed by atoms with Gasteiger partial charge in [0.05, 0.1) is 21.8 Å². The molecule has 0 fully saturated rings. The lowest BCUT2D eigenvalue weighted by molar-refractivity contribution is -0.383. The highest BCUT2D eigenvalue weighted by molar-refractivity contribution is 7.22. The molecule has 8 nitrogen and oxygen atoms in total. The quantitative estimate of drug-likeness (QED) is 0.476. The number of anilines is 1. The molecule has 2 aromatic carbocycles. The first-order valence-corrected chi connectivity index (χ1v) is 9.64. The van der Waals surface area contributed by atoms with E-state index in [0.29, 0.717) is 34.6 Å². The molecule has 1 aromatic heterocycles. The summed E-state index contributed by atoms with van der Waals surface area (Å²) in [7, 11) is 0. The molecule has 1 aliphatic rings. The van der Waals surface area contributed by atoms with E-state index in [4.69, 9.17) is 0 Å². The Hall–Kier alpha value is -3.54. The molecule has 2 heterocycles. The lowest BCUT2D eigenvalue weighted by atomic mass is 9.90. The molecule has 12 heteroatoms. The Labute approximate surface area is 175 Å². The average Bonchev–Trinajstić information content (AvgIpc) is 2.71. The molecule has 31 heavy (non-hydrogen) atoms. The number of carbonyl (C=O) groups is 1. The first kappa shape index (κ1) is 20.7. The topological polar surface area (TPSA) is 114 Å². The zero-order valence-corrected chi connectivity index (χ0v) is 16.2. The van der Waals surface area contributed by atoms with Gasteiger partial charge in [-0.1, -0.05) is 35.6 Å². The summed E-state index contributed by atoms with van der Waals surface area (Å²) in [6, 6.07) is 7.77. The summed E-state index contributed by atoms with van der Waals surface area (Å²) in [5, 5.41) is 20.5. The number of aliphatic carboxylic acids is 1. The van der Waals surface area contributed by atoms with E-state index in [2.05, 4.69) is 4.98 Å². The lowest BCUT2D eigenvalue weighted by Crippen LogP contribution is -2.37. The van der Waals surface area contributed by atoms with Crippen LogP contribution in [-0.4, -0.2) is 27.5 Å². The van der Waals surface area contributed by atoms with Gasteiger partial charge in [-0.15, -0.1) is 0 Å². The molecule has 0 radical (unpaired) electrons. The van der Waals surface area contributed by atoms with Crippen LogP contribution in [0.4, 0.5) is 24.0 Å². The molecule has 0 spiro atoms. The Morgan fingerprint density at radius 3 is 2.65 bits per heavy atom. The molecule has 0 saturated heterocycles. The molecule has 1 aliphatic heterocycles. The Morgan fingerprint density at radius 1 is 1.29 bits per heavy atom. The first-order valence-electron chi connectivity index (χ1n) is 8.82. The SMILES string of the molecule is O=C(O)[C@@H]1CN(c2nc(=O)c3cc(C(F)(F)F)cc([N+](=O)[O-])c3s2)Cc2ccccc21. The molecule has 1 atom stereocenters. The molecule has 3 aromatic rings. The van der Waals surface area contributed by atoms with Gasteiger partial charge in [0.2, 0.25) is 0 Å². The molecule has 0 amide bonds. The van der Waals surface area contributed by atoms with Crippen molar-refractivity contribution in [2.75, 3.05) is 11.4 Å². The Kier molecular flexibility index (Phi) is 4.88. The van der Waals surface area contributed by atoms with Crippen LogP contribution in [0.5, 0.6) is 0 Å². The number of fused-ring (bicyclic) bond motifs is 2. The summed E-state index contributed by atoms with van der Waals surface area (Å²) < 4.78 is 39.1. The van der Waals surface area contributed by atoms with Gasteiger partial charge in [-0.25, -0.2) is 0 Å². The van der Waals surface area contributed by atoms with Crippen molar-refractivity contribution in [3.8, 4) is 0 Å². The predicted octanol–water partition coefficient (Wildman–Crippen LogP) is 3.77. The lowest BCUT2D eigenvalue weighted by Gasteiger charge is -2.33. The monoisotopic (exact) mass is 451 g/mol. The number of nitrogens with zero attached hydrogens (tertiary/aromatic N) is 3. The van der Waals surface area contributed by atoms with Crippen molar-refractivity contribution in [2.45, 2.75) is 18.6 Å². The highest BCUT2D eigenvalue weighted by Gasteiger charge is 2.35. The van der Waals surface area contributed by atoms with Crippen LogP contribution < -0.4 is 10.5 Å². The van der Waals surface area contributed by atoms with Crippen molar-refractivity contribution < 1.29 is 28.0 Å². The molecule has 0 bridgehead atoms. The summed E-state index contributed by atoms with van der Waals surface area (Å²) in [6.07, 6.45) is -4.87. The van der Waals surface area contributed by atoms with E-state index in [9.17, 15) is 38.0 Å². The minimum absolute atomic E-state index is 0.00103. The van der Waals surface area contributed by atoms with E-state index < -0.39 is 45.2 Å². The van der Waals surface area contributed by atoms with E-state index in [-0.39, 0.29) is 22.9 Å². The number of nitro benzene ring substituents is 1. The number of nitro groups is 1. The number of carboxylic acids is 1. The van der Waals surface area contributed by atoms with E-state index in [1.165, 1.54) is 4.90 Å². The molecule has 4 rings (SSSR count). The van der Waals surface area contributed by atoms with Crippen LogP contribution in [-0.2, 0) is 17.5 Å². The summed E-state index contributed by atoms with van der Waals surface area (Å²) in [6.45, 7) is 0.151. The van der Waals surface area contributed by atoms with Gasteiger partial charge in [0.15, 0.2) is 5.13 Å². The largest absolute Gasteiger partial charge is 0.481 e. The van der Waals surface area contributed by atoms with Crippen LogP contribution in [0.2, 0.25) is 0 Å². The highest BCUT2D eigenvalue weighted by Crippen LogP contribution is 2.39. The number of benzene rings is 2. The van der Waals surface area contributed by atoms with Gasteiger partial charge in [-0.3, -0.25) is 19.7 Å². The Morgan fingerprint density at radius 2 is 2.00 bits per heavy atom. The number of hydrogen-bond donors (Lipinski definition) is 1. The smallest absolute Gasteiger partial charge is 0.416 e. The maximum absolute atomic E-state index is 13.1. The second-order valence-electron chi connectivity index (χ2n) is 6.90. The molecule has 0 saturated carbocycles. The van der Waals surface area contributed by atoms with Crippen LogP contribution in [0.1, 0.15) is 22.6 Å². The first-order chi connectivity index (χ1) is 14.6. The van der Waals surface area contributed by atoms with Crippen LogP contribution in [0, 0.1) is 10.1 Å². The third-order valence-corrected chi connectivity index (χ3v) is 6.14. The third kappa shape index (κ3) is 3.69. The average molecular weight is 451 g/mol. The molecular formula is C19H12F3N3O5S. The molecule has 0 aliphatic carbocycles. The number of non-ortho nitro benzene ring substituents is 1. The predicted molar refractivity (Wildman–Crippen MR) is 105 cm³/mol. The molecular weight excluding hydrogens is 439 g/mol. The van der Waals surface area contributed by atoms with Crippen molar-refractivity contribution in [3.63, 3.8) is 0 Å². The van der Waals surface area contributed by atoms with Crippen LogP contribution >= 0.6 is 11.3 Å². The molecule has 160 valence electrons. The van der Waals surface area contributed by atoms with E-state index in [0.717, 1.165) is 0 Å². The molecule has 0 unspecified atom stereocenters. The number of aromatic nitrogens is 1. The van der Waals surface area contributed by atoms with Gasteiger partial charge >= 0.3 is 12.1 Å². The van der Waals surface area contributed by atoms with Crippen molar-refractivity contribution in [2.24, 2.45) is 0 Å². The zero-order valence-electron chi connectivity index (χ0n) is 15.4. The number of rotatable bonds is 3. The van der Waals surface area contributed by atoms with E-state index in [1.54, 1.807) is 24.3 Å². The van der Waals surface area contributed by atoms with Gasteiger partial charge in [-0.2, -0.15) is 18.2 Å². The number of carboxylic acid groups (broad SMARTS) is 1. The summed E-state index contributed by atoms with van der Waals surface area (Å²) in [5.74, 6) is -2.02. The fourth-order valence-electron chi connectivity index (χ4n) is 3.54. The summed E-state index contributed by atoms with van der Waals surface area (Å²) in [4.78, 5) is 40.0. The summed E-state index contributed by atoms with van der Waals surface area (Å²) in [5.41, 5.74) is -1.93. The molecule has 1 N–H and O–H groups in total. The second-order valence-corrected chi connectivity index (χ2v) is 7.88. The Bertz CT molecular complexity index is 1290. The van der Waals surface area contributed by atoms with Crippen molar-refractivity contribution in [1.29, 1.82) is 0 Å².